The third-order valence-corrected chi connectivity index (χ3v) is 8.94. The molecule has 1 aromatic carbocycles. The van der Waals surface area contributed by atoms with Gasteiger partial charge in [-0.3, -0.25) is 9.88 Å². The molecule has 3 aliphatic heterocycles. The SMILES string of the molecule is C[C@@H](c1nc2ccc(C(=O)O)nc2n1C[C@@H]1CCO1)N1CCC(c2cccc3c2O[C@](C)(c2ccc(Cl)cn2)O3)CC1. The number of hydrogen-bond acceptors (Lipinski definition) is 8. The Morgan fingerprint density at radius 2 is 1.93 bits per heavy atom. The molecule has 6 heterocycles. The van der Waals surface area contributed by atoms with E-state index in [1.165, 1.54) is 6.07 Å². The maximum Gasteiger partial charge on any atom is 0.354 e. The zero-order valence-corrected chi connectivity index (χ0v) is 24.3. The molecule has 42 heavy (non-hydrogen) atoms. The fraction of sp³-hybridized carbons (Fsp3) is 0.419. The van der Waals surface area contributed by atoms with Crippen LogP contribution in [0.3, 0.4) is 0 Å². The van der Waals surface area contributed by atoms with Gasteiger partial charge in [-0.2, -0.15) is 0 Å². The van der Waals surface area contributed by atoms with Crippen molar-refractivity contribution in [2.24, 2.45) is 0 Å². The third kappa shape index (κ3) is 4.77. The summed E-state index contributed by atoms with van der Waals surface area (Å²) in [6.07, 6.45) is 4.56. The van der Waals surface area contributed by atoms with E-state index in [4.69, 9.17) is 30.8 Å². The zero-order valence-electron chi connectivity index (χ0n) is 23.5. The number of benzene rings is 1. The summed E-state index contributed by atoms with van der Waals surface area (Å²) in [5, 5.41) is 10.1. The number of aromatic nitrogens is 4. The molecule has 7 rings (SSSR count). The number of carbonyl (C=O) groups is 1. The van der Waals surface area contributed by atoms with Gasteiger partial charge in [0.25, 0.3) is 5.79 Å². The number of fused-ring (bicyclic) bond motifs is 2. The number of piperidine rings is 1. The second kappa shape index (κ2) is 10.5. The number of aromatic carboxylic acids is 1. The molecule has 218 valence electrons. The first-order valence-electron chi connectivity index (χ1n) is 14.4. The summed E-state index contributed by atoms with van der Waals surface area (Å²) < 4.78 is 20.5. The average molecular weight is 590 g/mol. The number of ether oxygens (including phenoxy) is 3. The van der Waals surface area contributed by atoms with E-state index < -0.39 is 11.8 Å². The second-order valence-electron chi connectivity index (χ2n) is 11.4. The number of imidazole rings is 1. The van der Waals surface area contributed by atoms with Crippen LogP contribution in [0, 0.1) is 0 Å². The largest absolute Gasteiger partial charge is 0.477 e. The maximum absolute atomic E-state index is 11.6. The lowest BCUT2D eigenvalue weighted by molar-refractivity contribution is -0.0722. The van der Waals surface area contributed by atoms with E-state index in [1.54, 1.807) is 18.3 Å². The van der Waals surface area contributed by atoms with Crippen LogP contribution in [0.15, 0.2) is 48.7 Å². The number of rotatable bonds is 7. The summed E-state index contributed by atoms with van der Waals surface area (Å²) in [6.45, 7) is 7.16. The first-order chi connectivity index (χ1) is 20.3. The van der Waals surface area contributed by atoms with Gasteiger partial charge in [-0.05, 0) is 75.5 Å². The summed E-state index contributed by atoms with van der Waals surface area (Å²) in [4.78, 5) is 27.9. The number of hydrogen-bond donors (Lipinski definition) is 1. The lowest BCUT2D eigenvalue weighted by Crippen LogP contribution is -2.37. The van der Waals surface area contributed by atoms with Crippen LogP contribution < -0.4 is 9.47 Å². The van der Waals surface area contributed by atoms with Crippen LogP contribution in [-0.2, 0) is 17.1 Å². The molecule has 0 unspecified atom stereocenters. The highest BCUT2D eigenvalue weighted by Crippen LogP contribution is 2.49. The van der Waals surface area contributed by atoms with Crippen molar-refractivity contribution >= 4 is 28.7 Å². The van der Waals surface area contributed by atoms with Crippen LogP contribution in [0.1, 0.15) is 72.6 Å². The molecule has 3 aromatic heterocycles. The highest BCUT2D eigenvalue weighted by Gasteiger charge is 2.42. The van der Waals surface area contributed by atoms with Gasteiger partial charge < -0.3 is 23.9 Å². The topological polar surface area (TPSA) is 112 Å². The van der Waals surface area contributed by atoms with Gasteiger partial charge in [0, 0.05) is 25.3 Å². The Kier molecular flexibility index (Phi) is 6.79. The Bertz CT molecular complexity index is 1650. The highest BCUT2D eigenvalue weighted by atomic mass is 35.5. The average Bonchev–Trinajstić information content (AvgIpc) is 3.52. The van der Waals surface area contributed by atoms with Crippen molar-refractivity contribution in [2.45, 2.75) is 63.5 Å². The van der Waals surface area contributed by atoms with Gasteiger partial charge >= 0.3 is 5.97 Å². The first kappa shape index (κ1) is 27.1. The van der Waals surface area contributed by atoms with E-state index in [-0.39, 0.29) is 17.8 Å². The fourth-order valence-electron chi connectivity index (χ4n) is 6.25. The molecule has 10 nitrogen and oxygen atoms in total. The molecular weight excluding hydrogens is 558 g/mol. The minimum absolute atomic E-state index is 0.0164. The van der Waals surface area contributed by atoms with E-state index in [9.17, 15) is 9.90 Å². The molecule has 0 amide bonds. The van der Waals surface area contributed by atoms with Crippen LogP contribution in [0.4, 0.5) is 0 Å². The Morgan fingerprint density at radius 3 is 2.62 bits per heavy atom. The molecule has 3 atom stereocenters. The molecule has 1 N–H and O–H groups in total. The van der Waals surface area contributed by atoms with Crippen molar-refractivity contribution in [3.05, 3.63) is 76.5 Å². The smallest absolute Gasteiger partial charge is 0.354 e. The summed E-state index contributed by atoms with van der Waals surface area (Å²) >= 11 is 6.05. The van der Waals surface area contributed by atoms with Crippen molar-refractivity contribution in [2.75, 3.05) is 19.7 Å². The Balaban J connectivity index is 1.10. The molecule has 0 saturated carbocycles. The fourth-order valence-corrected chi connectivity index (χ4v) is 6.36. The number of carboxylic acid groups (broad SMARTS) is 1. The van der Waals surface area contributed by atoms with Crippen LogP contribution in [0.2, 0.25) is 5.02 Å². The first-order valence-corrected chi connectivity index (χ1v) is 14.8. The van der Waals surface area contributed by atoms with Gasteiger partial charge in [0.15, 0.2) is 22.8 Å². The molecule has 11 heteroatoms. The molecule has 0 aliphatic carbocycles. The van der Waals surface area contributed by atoms with E-state index >= 15 is 0 Å². The molecule has 3 aliphatic rings. The van der Waals surface area contributed by atoms with Crippen LogP contribution in [0.25, 0.3) is 11.2 Å². The molecule has 4 aromatic rings. The summed E-state index contributed by atoms with van der Waals surface area (Å²) in [5.74, 6) is 0.643. The van der Waals surface area contributed by atoms with E-state index in [2.05, 4.69) is 32.4 Å². The number of carboxylic acids is 1. The van der Waals surface area contributed by atoms with Gasteiger partial charge in [0.1, 0.15) is 17.0 Å². The van der Waals surface area contributed by atoms with E-state index in [0.717, 1.165) is 61.8 Å². The van der Waals surface area contributed by atoms with Crippen LogP contribution in [0.5, 0.6) is 11.5 Å². The van der Waals surface area contributed by atoms with Gasteiger partial charge in [0.05, 0.1) is 23.7 Å². The van der Waals surface area contributed by atoms with E-state index in [1.807, 2.05) is 25.1 Å². The van der Waals surface area contributed by atoms with Crippen molar-refractivity contribution < 1.29 is 24.1 Å². The zero-order chi connectivity index (χ0) is 29.0. The van der Waals surface area contributed by atoms with Crippen molar-refractivity contribution in [1.29, 1.82) is 0 Å². The summed E-state index contributed by atoms with van der Waals surface area (Å²) in [7, 11) is 0. The van der Waals surface area contributed by atoms with Crippen molar-refractivity contribution in [1.82, 2.24) is 24.4 Å². The Morgan fingerprint density at radius 1 is 1.12 bits per heavy atom. The number of nitrogens with zero attached hydrogens (tertiary/aromatic N) is 5. The number of para-hydroxylation sites is 1. The van der Waals surface area contributed by atoms with Gasteiger partial charge in [-0.15, -0.1) is 0 Å². The minimum Gasteiger partial charge on any atom is -0.477 e. The normalized spacial score (nSPS) is 23.2. The predicted octanol–water partition coefficient (Wildman–Crippen LogP) is 5.55. The van der Waals surface area contributed by atoms with Gasteiger partial charge in [0.2, 0.25) is 0 Å². The molecule has 2 saturated heterocycles. The van der Waals surface area contributed by atoms with Crippen LogP contribution in [-0.4, -0.2) is 61.3 Å². The minimum atomic E-state index is -1.05. The molecule has 0 radical (unpaired) electrons. The highest BCUT2D eigenvalue weighted by molar-refractivity contribution is 6.30. The van der Waals surface area contributed by atoms with Gasteiger partial charge in [-0.25, -0.2) is 14.8 Å². The monoisotopic (exact) mass is 589 g/mol. The standard InChI is InChI=1S/C31H32ClN5O5/c1-18(28-34-23-7-8-24(30(38)39)35-29(23)37(28)17-21-12-15-40-21)36-13-10-19(11-14-36)22-4-3-5-25-27(22)42-31(2,41-25)26-9-6-20(32)16-33-26/h3-9,16,18-19,21H,10-15,17H2,1-2H3,(H,38,39)/t18-,21-,31+/m0/s1. The quantitative estimate of drug-likeness (QED) is 0.296. The lowest BCUT2D eigenvalue weighted by Gasteiger charge is -2.36. The number of halogens is 1. The Labute approximate surface area is 248 Å². The third-order valence-electron chi connectivity index (χ3n) is 8.71. The summed E-state index contributed by atoms with van der Waals surface area (Å²) in [6, 6.07) is 13.0. The second-order valence-corrected chi connectivity index (χ2v) is 11.8. The number of pyridine rings is 2. The van der Waals surface area contributed by atoms with E-state index in [0.29, 0.717) is 34.3 Å². The molecule has 2 fully saturated rings. The molecule has 0 spiro atoms. The van der Waals surface area contributed by atoms with Crippen molar-refractivity contribution in [3.63, 3.8) is 0 Å². The predicted molar refractivity (Wildman–Crippen MR) is 155 cm³/mol. The Hall–Kier alpha value is -3.73. The summed E-state index contributed by atoms with van der Waals surface area (Å²) in [5.41, 5.74) is 3.13. The van der Waals surface area contributed by atoms with Crippen LogP contribution >= 0.6 is 11.6 Å². The molecule has 0 bridgehead atoms. The number of likely N-dealkylation sites (tertiary alicyclic amines) is 1. The van der Waals surface area contributed by atoms with Gasteiger partial charge in [-0.1, -0.05) is 23.7 Å². The van der Waals surface area contributed by atoms with Crippen molar-refractivity contribution in [3.8, 4) is 11.5 Å². The molecular formula is C31H32ClN5O5. The lowest BCUT2D eigenvalue weighted by atomic mass is 9.88. The maximum atomic E-state index is 11.6.